The molecule has 0 bridgehead atoms. The lowest BCUT2D eigenvalue weighted by Gasteiger charge is -2.12. The molecule has 0 atom stereocenters. The zero-order valence-electron chi connectivity index (χ0n) is 13.0. The summed E-state index contributed by atoms with van der Waals surface area (Å²) in [5.41, 5.74) is -0.192. The Morgan fingerprint density at radius 2 is 1.96 bits per heavy atom. The first-order valence-electron chi connectivity index (χ1n) is 8.16. The Kier molecular flexibility index (Phi) is 4.60. The van der Waals surface area contributed by atoms with E-state index in [2.05, 4.69) is 10.3 Å². The number of nitrogens with one attached hydrogen (secondary N) is 2. The number of fused-ring (bicyclic) bond motifs is 1. The van der Waals surface area contributed by atoms with Crippen molar-refractivity contribution in [2.45, 2.75) is 51.1 Å². The first-order chi connectivity index (χ1) is 11.1. The van der Waals surface area contributed by atoms with Gasteiger partial charge in [0.15, 0.2) is 0 Å². The predicted molar refractivity (Wildman–Crippen MR) is 88.5 cm³/mol. The van der Waals surface area contributed by atoms with Gasteiger partial charge in [0.1, 0.15) is 0 Å². The van der Waals surface area contributed by atoms with Crippen molar-refractivity contribution in [1.29, 1.82) is 0 Å². The Labute approximate surface area is 133 Å². The summed E-state index contributed by atoms with van der Waals surface area (Å²) >= 11 is 0. The van der Waals surface area contributed by atoms with Crippen LogP contribution in [0.1, 0.15) is 38.5 Å². The molecule has 2 N–H and O–H groups in total. The second kappa shape index (κ2) is 6.81. The van der Waals surface area contributed by atoms with Crippen LogP contribution in [-0.4, -0.2) is 21.5 Å². The third-order valence-electron chi connectivity index (χ3n) is 4.40. The normalized spacial score (nSPS) is 15.1. The average Bonchev–Trinajstić information content (AvgIpc) is 3.03. The van der Waals surface area contributed by atoms with Crippen LogP contribution in [0.25, 0.3) is 10.9 Å². The summed E-state index contributed by atoms with van der Waals surface area (Å²) in [4.78, 5) is 39.0. The molecule has 0 saturated heterocycles. The Hall–Kier alpha value is -2.37. The lowest BCUT2D eigenvalue weighted by Crippen LogP contribution is -2.36. The molecule has 1 aromatic carbocycles. The van der Waals surface area contributed by atoms with Gasteiger partial charge >= 0.3 is 5.69 Å². The average molecular weight is 315 g/mol. The molecular weight excluding hydrogens is 294 g/mol. The van der Waals surface area contributed by atoms with Crippen molar-refractivity contribution in [1.82, 2.24) is 14.9 Å². The highest BCUT2D eigenvalue weighted by Crippen LogP contribution is 2.17. The van der Waals surface area contributed by atoms with E-state index in [1.165, 1.54) is 17.4 Å². The van der Waals surface area contributed by atoms with Crippen LogP contribution >= 0.6 is 0 Å². The third-order valence-corrected chi connectivity index (χ3v) is 4.40. The van der Waals surface area contributed by atoms with E-state index in [0.717, 1.165) is 12.8 Å². The van der Waals surface area contributed by atoms with Crippen LogP contribution in [0, 0.1) is 0 Å². The van der Waals surface area contributed by atoms with Crippen molar-refractivity contribution >= 4 is 16.8 Å². The zero-order valence-corrected chi connectivity index (χ0v) is 13.0. The zero-order chi connectivity index (χ0) is 16.2. The molecule has 122 valence electrons. The standard InChI is InChI=1S/C17H21N3O3/c21-15(18-12-6-1-2-7-12)10-5-11-20-16(22)13-8-3-4-9-14(13)19-17(20)23/h3-4,8-9,12H,1-2,5-7,10-11H2,(H,18,21)(H,19,23). The minimum atomic E-state index is -0.426. The van der Waals surface area contributed by atoms with Gasteiger partial charge in [-0.3, -0.25) is 14.2 Å². The fraction of sp³-hybridized carbons (Fsp3) is 0.471. The highest BCUT2D eigenvalue weighted by molar-refractivity contribution is 5.77. The number of benzene rings is 1. The highest BCUT2D eigenvalue weighted by atomic mass is 16.2. The summed E-state index contributed by atoms with van der Waals surface area (Å²) < 4.78 is 1.17. The molecule has 0 spiro atoms. The van der Waals surface area contributed by atoms with Gasteiger partial charge in [-0.1, -0.05) is 25.0 Å². The van der Waals surface area contributed by atoms with Gasteiger partial charge < -0.3 is 10.3 Å². The monoisotopic (exact) mass is 315 g/mol. The van der Waals surface area contributed by atoms with E-state index in [9.17, 15) is 14.4 Å². The van der Waals surface area contributed by atoms with Gasteiger partial charge in [-0.15, -0.1) is 0 Å². The van der Waals surface area contributed by atoms with Gasteiger partial charge in [0.05, 0.1) is 10.9 Å². The van der Waals surface area contributed by atoms with Gasteiger partial charge in [0.25, 0.3) is 5.56 Å². The van der Waals surface area contributed by atoms with E-state index in [-0.39, 0.29) is 18.0 Å². The molecule has 0 radical (unpaired) electrons. The lowest BCUT2D eigenvalue weighted by molar-refractivity contribution is -0.121. The number of amides is 1. The van der Waals surface area contributed by atoms with E-state index in [4.69, 9.17) is 0 Å². The first-order valence-corrected chi connectivity index (χ1v) is 8.16. The van der Waals surface area contributed by atoms with Gasteiger partial charge in [-0.05, 0) is 31.4 Å². The molecule has 2 aromatic rings. The number of aromatic amines is 1. The van der Waals surface area contributed by atoms with E-state index >= 15 is 0 Å². The molecule has 23 heavy (non-hydrogen) atoms. The van der Waals surface area contributed by atoms with Crippen LogP contribution in [0.4, 0.5) is 0 Å². The number of H-pyrrole nitrogens is 1. The summed E-state index contributed by atoms with van der Waals surface area (Å²) in [6.07, 6.45) is 5.25. The molecule has 1 aromatic heterocycles. The molecule has 3 rings (SSSR count). The maximum atomic E-state index is 12.3. The SMILES string of the molecule is O=C(CCCn1c(=O)[nH]c2ccccc2c1=O)NC1CCCC1. The number of hydrogen-bond acceptors (Lipinski definition) is 3. The number of hydrogen-bond donors (Lipinski definition) is 2. The number of aromatic nitrogens is 2. The number of para-hydroxylation sites is 1. The van der Waals surface area contributed by atoms with Crippen LogP contribution < -0.4 is 16.6 Å². The molecule has 1 heterocycles. The highest BCUT2D eigenvalue weighted by Gasteiger charge is 2.16. The Balaban J connectivity index is 1.64. The molecule has 1 aliphatic rings. The fourth-order valence-electron chi connectivity index (χ4n) is 3.17. The molecule has 1 amide bonds. The van der Waals surface area contributed by atoms with Crippen LogP contribution in [-0.2, 0) is 11.3 Å². The summed E-state index contributed by atoms with van der Waals surface area (Å²) in [5.74, 6) is 0.00201. The summed E-state index contributed by atoms with van der Waals surface area (Å²) in [7, 11) is 0. The molecule has 6 heteroatoms. The van der Waals surface area contributed by atoms with Gasteiger partial charge in [-0.25, -0.2) is 4.79 Å². The number of rotatable bonds is 5. The molecule has 0 aliphatic heterocycles. The summed E-state index contributed by atoms with van der Waals surface area (Å²) in [6.45, 7) is 0.247. The van der Waals surface area contributed by atoms with Crippen molar-refractivity contribution < 1.29 is 4.79 Å². The van der Waals surface area contributed by atoms with Crippen molar-refractivity contribution in [2.75, 3.05) is 0 Å². The number of carbonyl (C=O) groups excluding carboxylic acids is 1. The predicted octanol–water partition coefficient (Wildman–Crippen LogP) is 1.53. The topological polar surface area (TPSA) is 84.0 Å². The van der Waals surface area contributed by atoms with Crippen LogP contribution in [0.2, 0.25) is 0 Å². The minimum absolute atomic E-state index is 0.00201. The van der Waals surface area contributed by atoms with Crippen LogP contribution in [0.15, 0.2) is 33.9 Å². The molecule has 1 fully saturated rings. The van der Waals surface area contributed by atoms with Gasteiger partial charge in [0, 0.05) is 19.0 Å². The largest absolute Gasteiger partial charge is 0.353 e. The first kappa shape index (κ1) is 15.5. The third kappa shape index (κ3) is 3.52. The minimum Gasteiger partial charge on any atom is -0.353 e. The number of carbonyl (C=O) groups is 1. The number of nitrogens with zero attached hydrogens (tertiary/aromatic N) is 1. The van der Waals surface area contributed by atoms with Crippen LogP contribution in [0.5, 0.6) is 0 Å². The molecule has 1 aliphatic carbocycles. The van der Waals surface area contributed by atoms with E-state index in [0.29, 0.717) is 29.8 Å². The maximum Gasteiger partial charge on any atom is 0.328 e. The van der Waals surface area contributed by atoms with Crippen LogP contribution in [0.3, 0.4) is 0 Å². The molecule has 0 unspecified atom stereocenters. The summed E-state index contributed by atoms with van der Waals surface area (Å²) in [6, 6.07) is 7.24. The van der Waals surface area contributed by atoms with Gasteiger partial charge in [0.2, 0.25) is 5.91 Å². The van der Waals surface area contributed by atoms with Crippen molar-refractivity contribution in [3.8, 4) is 0 Å². The smallest absolute Gasteiger partial charge is 0.328 e. The van der Waals surface area contributed by atoms with Gasteiger partial charge in [-0.2, -0.15) is 0 Å². The van der Waals surface area contributed by atoms with E-state index in [1.807, 2.05) is 0 Å². The Bertz CT molecular complexity index is 816. The van der Waals surface area contributed by atoms with E-state index < -0.39 is 5.69 Å². The fourth-order valence-corrected chi connectivity index (χ4v) is 3.17. The second-order valence-corrected chi connectivity index (χ2v) is 6.08. The maximum absolute atomic E-state index is 12.3. The van der Waals surface area contributed by atoms with Crippen molar-refractivity contribution in [3.63, 3.8) is 0 Å². The lowest BCUT2D eigenvalue weighted by atomic mass is 10.2. The summed E-state index contributed by atoms with van der Waals surface area (Å²) in [5, 5.41) is 3.50. The van der Waals surface area contributed by atoms with Crippen molar-refractivity contribution in [2.24, 2.45) is 0 Å². The Morgan fingerprint density at radius 3 is 2.74 bits per heavy atom. The molecule has 6 nitrogen and oxygen atoms in total. The second-order valence-electron chi connectivity index (χ2n) is 6.08. The Morgan fingerprint density at radius 1 is 1.22 bits per heavy atom. The van der Waals surface area contributed by atoms with Crippen molar-refractivity contribution in [3.05, 3.63) is 45.1 Å². The molecular formula is C17H21N3O3. The van der Waals surface area contributed by atoms with E-state index in [1.54, 1.807) is 24.3 Å². The molecule has 1 saturated carbocycles. The quantitative estimate of drug-likeness (QED) is 0.877.